The molecule has 0 fully saturated rings. The third-order valence-corrected chi connectivity index (χ3v) is 4.68. The van der Waals surface area contributed by atoms with Gasteiger partial charge < -0.3 is 5.11 Å². The molecular formula is C12H12BrFO4S. The maximum Gasteiger partial charge on any atom is 0.338 e. The van der Waals surface area contributed by atoms with E-state index >= 15 is 0 Å². The van der Waals surface area contributed by atoms with Gasteiger partial charge in [-0.05, 0) is 18.6 Å². The summed E-state index contributed by atoms with van der Waals surface area (Å²) in [5.74, 6) is -3.18. The van der Waals surface area contributed by atoms with E-state index < -0.39 is 37.8 Å². The molecule has 0 unspecified atom stereocenters. The molecule has 0 aromatic heterocycles. The van der Waals surface area contributed by atoms with Crippen molar-refractivity contribution in [2.45, 2.75) is 18.2 Å². The van der Waals surface area contributed by atoms with Gasteiger partial charge in [0.1, 0.15) is 4.90 Å². The van der Waals surface area contributed by atoms with Crippen LogP contribution in [-0.4, -0.2) is 25.2 Å². The van der Waals surface area contributed by atoms with Crippen LogP contribution in [0.1, 0.15) is 23.7 Å². The second kappa shape index (κ2) is 5.83. The number of benzene rings is 1. The molecule has 0 radical (unpaired) electrons. The first kappa shape index (κ1) is 15.8. The molecule has 1 rings (SSSR count). The average molecular weight is 351 g/mol. The van der Waals surface area contributed by atoms with Crippen molar-refractivity contribution in [1.82, 2.24) is 0 Å². The van der Waals surface area contributed by atoms with Crippen LogP contribution in [0.2, 0.25) is 0 Å². The fraction of sp³-hybridized carbons (Fsp3) is 0.250. The highest BCUT2D eigenvalue weighted by molar-refractivity contribution is 9.10. The minimum absolute atomic E-state index is 0.187. The summed E-state index contributed by atoms with van der Waals surface area (Å²) in [5, 5.41) is 8.84. The Morgan fingerprint density at radius 2 is 2.05 bits per heavy atom. The summed E-state index contributed by atoms with van der Waals surface area (Å²) < 4.78 is 38.2. The maximum atomic E-state index is 13.9. The van der Waals surface area contributed by atoms with Crippen LogP contribution in [0.15, 0.2) is 33.7 Å². The summed E-state index contributed by atoms with van der Waals surface area (Å²) in [7, 11) is -3.95. The van der Waals surface area contributed by atoms with Gasteiger partial charge in [-0.25, -0.2) is 17.6 Å². The molecule has 4 nitrogen and oxygen atoms in total. The molecule has 0 heterocycles. The number of carbonyl (C=O) groups is 1. The van der Waals surface area contributed by atoms with Crippen molar-refractivity contribution in [3.05, 3.63) is 40.1 Å². The Labute approximate surface area is 119 Å². The van der Waals surface area contributed by atoms with Crippen LogP contribution in [0.3, 0.4) is 0 Å². The van der Waals surface area contributed by atoms with Gasteiger partial charge in [0.25, 0.3) is 0 Å². The molecule has 0 saturated carbocycles. The number of halogens is 2. The third kappa shape index (κ3) is 3.63. The Morgan fingerprint density at radius 1 is 1.47 bits per heavy atom. The van der Waals surface area contributed by atoms with E-state index in [1.807, 2.05) is 0 Å². The molecule has 0 aliphatic heterocycles. The maximum absolute atomic E-state index is 13.9. The lowest BCUT2D eigenvalue weighted by Gasteiger charge is -2.09. The van der Waals surface area contributed by atoms with E-state index in [2.05, 4.69) is 22.5 Å². The van der Waals surface area contributed by atoms with E-state index in [1.165, 1.54) is 0 Å². The molecule has 0 saturated heterocycles. The molecule has 0 amide bonds. The van der Waals surface area contributed by atoms with Gasteiger partial charge in [-0.15, -0.1) is 0 Å². The number of sulfone groups is 1. The highest BCUT2D eigenvalue weighted by atomic mass is 79.9. The SMILES string of the molecule is C=C(CC)CS(=O)(=O)c1cc(Br)cc(C(=O)O)c1F. The smallest absolute Gasteiger partial charge is 0.338 e. The Balaban J connectivity index is 3.43. The lowest BCUT2D eigenvalue weighted by molar-refractivity contribution is 0.0691. The van der Waals surface area contributed by atoms with E-state index in [1.54, 1.807) is 6.92 Å². The van der Waals surface area contributed by atoms with E-state index in [0.717, 1.165) is 12.1 Å². The summed E-state index contributed by atoms with van der Waals surface area (Å²) in [6.07, 6.45) is 0.445. The number of hydrogen-bond donors (Lipinski definition) is 1. The van der Waals surface area contributed by atoms with Gasteiger partial charge in [-0.3, -0.25) is 0 Å². The number of rotatable bonds is 5. The van der Waals surface area contributed by atoms with E-state index in [9.17, 15) is 17.6 Å². The molecule has 1 aromatic rings. The normalized spacial score (nSPS) is 11.3. The van der Waals surface area contributed by atoms with E-state index in [4.69, 9.17) is 5.11 Å². The first-order valence-electron chi connectivity index (χ1n) is 5.30. The van der Waals surface area contributed by atoms with Gasteiger partial charge >= 0.3 is 5.97 Å². The van der Waals surface area contributed by atoms with Gasteiger partial charge in [0.15, 0.2) is 15.7 Å². The number of hydrogen-bond acceptors (Lipinski definition) is 3. The number of carboxylic acids is 1. The summed E-state index contributed by atoms with van der Waals surface area (Å²) >= 11 is 2.97. The number of carboxylic acid groups (broad SMARTS) is 1. The van der Waals surface area contributed by atoms with Crippen LogP contribution in [-0.2, 0) is 9.84 Å². The van der Waals surface area contributed by atoms with E-state index in [-0.39, 0.29) is 4.47 Å². The van der Waals surface area contributed by atoms with Crippen molar-refractivity contribution in [2.24, 2.45) is 0 Å². The molecule has 19 heavy (non-hydrogen) atoms. The average Bonchev–Trinajstić information content (AvgIpc) is 2.30. The van der Waals surface area contributed by atoms with Crippen molar-refractivity contribution in [3.8, 4) is 0 Å². The van der Waals surface area contributed by atoms with Crippen LogP contribution in [0.25, 0.3) is 0 Å². The zero-order chi connectivity index (χ0) is 14.8. The summed E-state index contributed by atoms with van der Waals surface area (Å²) in [4.78, 5) is 10.2. The Hall–Kier alpha value is -1.21. The highest BCUT2D eigenvalue weighted by Gasteiger charge is 2.25. The monoisotopic (exact) mass is 350 g/mol. The first-order chi connectivity index (χ1) is 8.69. The van der Waals surface area contributed by atoms with Crippen LogP contribution < -0.4 is 0 Å². The fourth-order valence-electron chi connectivity index (χ4n) is 1.39. The molecular weight excluding hydrogens is 339 g/mol. The van der Waals surface area contributed by atoms with Crippen molar-refractivity contribution < 1.29 is 22.7 Å². The van der Waals surface area contributed by atoms with Gasteiger partial charge in [0, 0.05) is 4.47 Å². The standard InChI is InChI=1S/C12H12BrFO4S/c1-3-7(2)6-19(17,18)10-5-8(13)4-9(11(10)14)12(15)16/h4-5H,2-3,6H2,1H3,(H,15,16). The second-order valence-electron chi connectivity index (χ2n) is 3.93. The van der Waals surface area contributed by atoms with Crippen LogP contribution in [0, 0.1) is 5.82 Å². The minimum atomic E-state index is -3.95. The molecule has 0 atom stereocenters. The lowest BCUT2D eigenvalue weighted by atomic mass is 10.2. The van der Waals surface area contributed by atoms with Crippen molar-refractivity contribution in [2.75, 3.05) is 5.75 Å². The topological polar surface area (TPSA) is 71.4 Å². The van der Waals surface area contributed by atoms with Gasteiger partial charge in [-0.1, -0.05) is 35.0 Å². The molecule has 104 valence electrons. The predicted octanol–water partition coefficient (Wildman–Crippen LogP) is 3.03. The fourth-order valence-corrected chi connectivity index (χ4v) is 3.59. The van der Waals surface area contributed by atoms with Crippen molar-refractivity contribution >= 4 is 31.7 Å². The Morgan fingerprint density at radius 3 is 2.53 bits per heavy atom. The molecule has 0 spiro atoms. The molecule has 0 aliphatic carbocycles. The van der Waals surface area contributed by atoms with Crippen LogP contribution in [0.5, 0.6) is 0 Å². The first-order valence-corrected chi connectivity index (χ1v) is 7.75. The summed E-state index contributed by atoms with van der Waals surface area (Å²) in [6, 6.07) is 2.07. The predicted molar refractivity (Wildman–Crippen MR) is 72.5 cm³/mol. The highest BCUT2D eigenvalue weighted by Crippen LogP contribution is 2.26. The minimum Gasteiger partial charge on any atom is -0.478 e. The Bertz CT molecular complexity index is 637. The lowest BCUT2D eigenvalue weighted by Crippen LogP contribution is -2.13. The second-order valence-corrected chi connectivity index (χ2v) is 6.81. The number of aromatic carboxylic acids is 1. The van der Waals surface area contributed by atoms with Gasteiger partial charge in [-0.2, -0.15) is 0 Å². The van der Waals surface area contributed by atoms with Crippen molar-refractivity contribution in [1.29, 1.82) is 0 Å². The Kier molecular flexibility index (Phi) is 4.86. The third-order valence-electron chi connectivity index (χ3n) is 2.46. The van der Waals surface area contributed by atoms with Crippen LogP contribution >= 0.6 is 15.9 Å². The summed E-state index contributed by atoms with van der Waals surface area (Å²) in [5.41, 5.74) is -0.258. The summed E-state index contributed by atoms with van der Waals surface area (Å²) in [6.45, 7) is 5.30. The van der Waals surface area contributed by atoms with Gasteiger partial charge in [0.05, 0.1) is 11.3 Å². The quantitative estimate of drug-likeness (QED) is 0.828. The van der Waals surface area contributed by atoms with E-state index in [0.29, 0.717) is 12.0 Å². The molecule has 1 N–H and O–H groups in total. The molecule has 0 bridgehead atoms. The molecule has 7 heteroatoms. The zero-order valence-corrected chi connectivity index (χ0v) is 12.5. The zero-order valence-electron chi connectivity index (χ0n) is 10.1. The molecule has 1 aromatic carbocycles. The van der Waals surface area contributed by atoms with Crippen LogP contribution in [0.4, 0.5) is 4.39 Å². The molecule has 0 aliphatic rings. The van der Waals surface area contributed by atoms with Crippen molar-refractivity contribution in [3.63, 3.8) is 0 Å². The van der Waals surface area contributed by atoms with Gasteiger partial charge in [0.2, 0.25) is 0 Å². The largest absolute Gasteiger partial charge is 0.478 e.